The molecule has 0 aliphatic carbocycles. The summed E-state index contributed by atoms with van der Waals surface area (Å²) in [5.41, 5.74) is 1.87. The van der Waals surface area contributed by atoms with Gasteiger partial charge in [0.05, 0.1) is 23.4 Å². The maximum absolute atomic E-state index is 12.5. The number of para-hydroxylation sites is 1. The first-order valence-corrected chi connectivity index (χ1v) is 7.50. The van der Waals surface area contributed by atoms with E-state index in [-0.39, 0.29) is 5.91 Å². The first kappa shape index (κ1) is 15.9. The highest BCUT2D eigenvalue weighted by molar-refractivity contribution is 6.33. The predicted octanol–water partition coefficient (Wildman–Crippen LogP) is 2.25. The second-order valence-corrected chi connectivity index (χ2v) is 5.32. The first-order valence-electron chi connectivity index (χ1n) is 7.12. The van der Waals surface area contributed by atoms with Crippen molar-refractivity contribution in [3.63, 3.8) is 0 Å². The highest BCUT2D eigenvalue weighted by Gasteiger charge is 2.13. The van der Waals surface area contributed by atoms with Crippen LogP contribution in [-0.2, 0) is 6.54 Å². The zero-order valence-corrected chi connectivity index (χ0v) is 13.6. The average molecular weight is 344 g/mol. The Balaban J connectivity index is 1.79. The third-order valence-electron chi connectivity index (χ3n) is 3.44. The van der Waals surface area contributed by atoms with Gasteiger partial charge in [0.2, 0.25) is 0 Å². The molecule has 0 spiro atoms. The fourth-order valence-corrected chi connectivity index (χ4v) is 2.43. The molecule has 0 saturated heterocycles. The molecule has 24 heavy (non-hydrogen) atoms. The number of nitrogens with zero attached hydrogens (tertiary/aromatic N) is 4. The SMILES string of the molecule is COc1ccccc1CNC(=O)c1cc(-n2cnnn2)ccc1Cl. The molecule has 0 atom stereocenters. The molecule has 122 valence electrons. The normalized spacial score (nSPS) is 10.4. The average Bonchev–Trinajstić information content (AvgIpc) is 3.15. The Kier molecular flexibility index (Phi) is 4.72. The van der Waals surface area contributed by atoms with E-state index in [2.05, 4.69) is 20.8 Å². The van der Waals surface area contributed by atoms with E-state index >= 15 is 0 Å². The number of hydrogen-bond donors (Lipinski definition) is 1. The van der Waals surface area contributed by atoms with Crippen LogP contribution in [0, 0.1) is 0 Å². The predicted molar refractivity (Wildman–Crippen MR) is 88.3 cm³/mol. The summed E-state index contributed by atoms with van der Waals surface area (Å²) < 4.78 is 6.72. The van der Waals surface area contributed by atoms with Gasteiger partial charge in [-0.3, -0.25) is 4.79 Å². The Morgan fingerprint density at radius 3 is 2.88 bits per heavy atom. The van der Waals surface area contributed by atoms with Gasteiger partial charge in [-0.25, -0.2) is 4.68 Å². The van der Waals surface area contributed by atoms with Gasteiger partial charge < -0.3 is 10.1 Å². The van der Waals surface area contributed by atoms with Gasteiger partial charge in [0.25, 0.3) is 5.91 Å². The van der Waals surface area contributed by atoms with Crippen LogP contribution in [0.15, 0.2) is 48.8 Å². The third kappa shape index (κ3) is 3.36. The van der Waals surface area contributed by atoms with E-state index in [1.165, 1.54) is 11.0 Å². The van der Waals surface area contributed by atoms with Crippen molar-refractivity contribution in [3.05, 3.63) is 64.9 Å². The van der Waals surface area contributed by atoms with Crippen molar-refractivity contribution < 1.29 is 9.53 Å². The van der Waals surface area contributed by atoms with E-state index in [1.54, 1.807) is 25.3 Å². The number of benzene rings is 2. The van der Waals surface area contributed by atoms with E-state index in [0.717, 1.165) is 5.56 Å². The van der Waals surface area contributed by atoms with E-state index in [9.17, 15) is 4.79 Å². The lowest BCUT2D eigenvalue weighted by molar-refractivity contribution is 0.0951. The Labute approximate surface area is 143 Å². The van der Waals surface area contributed by atoms with Gasteiger partial charge in [0, 0.05) is 12.1 Å². The molecule has 0 saturated carbocycles. The summed E-state index contributed by atoms with van der Waals surface area (Å²) in [6.45, 7) is 0.328. The van der Waals surface area contributed by atoms with Crippen LogP contribution in [0.25, 0.3) is 5.69 Å². The molecule has 2 aromatic carbocycles. The van der Waals surface area contributed by atoms with Gasteiger partial charge in [0.1, 0.15) is 12.1 Å². The van der Waals surface area contributed by atoms with Crippen LogP contribution in [0.5, 0.6) is 5.75 Å². The number of hydrogen-bond acceptors (Lipinski definition) is 5. The molecule has 0 aliphatic rings. The van der Waals surface area contributed by atoms with E-state index in [1.807, 2.05) is 24.3 Å². The molecule has 1 heterocycles. The second-order valence-electron chi connectivity index (χ2n) is 4.91. The van der Waals surface area contributed by atoms with Crippen molar-refractivity contribution in [1.29, 1.82) is 0 Å². The summed E-state index contributed by atoms with van der Waals surface area (Å²) in [7, 11) is 1.59. The van der Waals surface area contributed by atoms with Gasteiger partial charge in [0.15, 0.2) is 0 Å². The number of rotatable bonds is 5. The van der Waals surface area contributed by atoms with Gasteiger partial charge in [-0.2, -0.15) is 0 Å². The Bertz CT molecular complexity index is 851. The van der Waals surface area contributed by atoms with Gasteiger partial charge >= 0.3 is 0 Å². The molecule has 0 fully saturated rings. The number of carbonyl (C=O) groups excluding carboxylic acids is 1. The number of methoxy groups -OCH3 is 1. The summed E-state index contributed by atoms with van der Waals surface area (Å²) in [5.74, 6) is 0.423. The molecule has 0 radical (unpaired) electrons. The maximum Gasteiger partial charge on any atom is 0.253 e. The molecule has 1 amide bonds. The van der Waals surface area contributed by atoms with Crippen molar-refractivity contribution in [2.45, 2.75) is 6.54 Å². The largest absolute Gasteiger partial charge is 0.496 e. The molecule has 0 bridgehead atoms. The molecule has 8 heteroatoms. The van der Waals surface area contributed by atoms with E-state index in [4.69, 9.17) is 16.3 Å². The smallest absolute Gasteiger partial charge is 0.253 e. The highest BCUT2D eigenvalue weighted by atomic mass is 35.5. The molecule has 3 rings (SSSR count). The number of ether oxygens (including phenoxy) is 1. The molecule has 0 aliphatic heterocycles. The number of aromatic nitrogens is 4. The van der Waals surface area contributed by atoms with Gasteiger partial charge in [-0.05, 0) is 34.7 Å². The first-order chi connectivity index (χ1) is 11.7. The quantitative estimate of drug-likeness (QED) is 0.768. The van der Waals surface area contributed by atoms with Gasteiger partial charge in [-0.1, -0.05) is 29.8 Å². The summed E-state index contributed by atoms with van der Waals surface area (Å²) in [6, 6.07) is 12.5. The number of carbonyl (C=O) groups is 1. The topological polar surface area (TPSA) is 81.9 Å². The molecule has 1 N–H and O–H groups in total. The van der Waals surface area contributed by atoms with Crippen LogP contribution in [-0.4, -0.2) is 33.2 Å². The fraction of sp³-hybridized carbons (Fsp3) is 0.125. The number of amides is 1. The molecule has 7 nitrogen and oxygen atoms in total. The van der Waals surface area contributed by atoms with Crippen molar-refractivity contribution in [1.82, 2.24) is 25.5 Å². The van der Waals surface area contributed by atoms with Crippen LogP contribution in [0.2, 0.25) is 5.02 Å². The zero-order valence-electron chi connectivity index (χ0n) is 12.8. The standard InChI is InChI=1S/C16H14ClN5O2/c1-24-15-5-3-2-4-11(15)9-18-16(23)13-8-12(6-7-14(13)17)22-10-19-20-21-22/h2-8,10H,9H2,1H3,(H,18,23). The van der Waals surface area contributed by atoms with E-state index < -0.39 is 0 Å². The maximum atomic E-state index is 12.5. The van der Waals surface area contributed by atoms with Crippen molar-refractivity contribution in [2.24, 2.45) is 0 Å². The van der Waals surface area contributed by atoms with Crippen LogP contribution < -0.4 is 10.1 Å². The summed E-state index contributed by atoms with van der Waals surface area (Å²) in [5, 5.41) is 14.1. The van der Waals surface area contributed by atoms with E-state index in [0.29, 0.717) is 28.6 Å². The minimum atomic E-state index is -0.291. The molecule has 1 aromatic heterocycles. The third-order valence-corrected chi connectivity index (χ3v) is 3.77. The lowest BCUT2D eigenvalue weighted by Crippen LogP contribution is -2.23. The lowest BCUT2D eigenvalue weighted by atomic mass is 10.1. The van der Waals surface area contributed by atoms with Crippen molar-refractivity contribution in [3.8, 4) is 11.4 Å². The zero-order chi connectivity index (χ0) is 16.9. The van der Waals surface area contributed by atoms with Crippen LogP contribution in [0.1, 0.15) is 15.9 Å². The van der Waals surface area contributed by atoms with Crippen LogP contribution in [0.3, 0.4) is 0 Å². The lowest BCUT2D eigenvalue weighted by Gasteiger charge is -2.11. The molecular weight excluding hydrogens is 330 g/mol. The van der Waals surface area contributed by atoms with Crippen LogP contribution >= 0.6 is 11.6 Å². The Morgan fingerprint density at radius 1 is 1.29 bits per heavy atom. The number of halogens is 1. The minimum absolute atomic E-state index is 0.291. The fourth-order valence-electron chi connectivity index (χ4n) is 2.23. The molecule has 3 aromatic rings. The Hall–Kier alpha value is -2.93. The summed E-state index contributed by atoms with van der Waals surface area (Å²) >= 11 is 6.15. The highest BCUT2D eigenvalue weighted by Crippen LogP contribution is 2.21. The second kappa shape index (κ2) is 7.10. The summed E-state index contributed by atoms with van der Waals surface area (Å²) in [6.07, 6.45) is 1.44. The Morgan fingerprint density at radius 2 is 2.12 bits per heavy atom. The number of tetrazole rings is 1. The summed E-state index contributed by atoms with van der Waals surface area (Å²) in [4.78, 5) is 12.5. The van der Waals surface area contributed by atoms with Crippen molar-refractivity contribution in [2.75, 3.05) is 7.11 Å². The van der Waals surface area contributed by atoms with Gasteiger partial charge in [-0.15, -0.1) is 5.10 Å². The minimum Gasteiger partial charge on any atom is -0.496 e. The molecular formula is C16H14ClN5O2. The van der Waals surface area contributed by atoms with Crippen LogP contribution in [0.4, 0.5) is 0 Å². The molecule has 0 unspecified atom stereocenters. The number of nitrogens with one attached hydrogen (secondary N) is 1. The monoisotopic (exact) mass is 343 g/mol. The van der Waals surface area contributed by atoms with Crippen molar-refractivity contribution >= 4 is 17.5 Å².